The van der Waals surface area contributed by atoms with Crippen LogP contribution in [-0.4, -0.2) is 58.7 Å². The lowest BCUT2D eigenvalue weighted by Gasteiger charge is -2.15. The van der Waals surface area contributed by atoms with E-state index < -0.39 is 24.3 Å². The van der Waals surface area contributed by atoms with Crippen LogP contribution in [0.2, 0.25) is 0 Å². The summed E-state index contributed by atoms with van der Waals surface area (Å²) in [7, 11) is 0. The smallest absolute Gasteiger partial charge is 0.239 e. The van der Waals surface area contributed by atoms with Crippen molar-refractivity contribution in [2.24, 2.45) is 0 Å². The van der Waals surface area contributed by atoms with E-state index in [9.17, 15) is 15.0 Å². The van der Waals surface area contributed by atoms with Gasteiger partial charge in [0, 0.05) is 6.54 Å². The molecule has 0 aromatic heterocycles. The van der Waals surface area contributed by atoms with Crippen LogP contribution in [0.1, 0.15) is 13.3 Å². The van der Waals surface area contributed by atoms with Crippen LogP contribution in [0.5, 0.6) is 0 Å². The zero-order chi connectivity index (χ0) is 11.4. The number of nitrogens with one attached hydrogen (secondary N) is 2. The first-order valence-corrected chi connectivity index (χ1v) is 5.12. The number of aliphatic hydroxyl groups is 3. The van der Waals surface area contributed by atoms with Crippen molar-refractivity contribution in [1.29, 1.82) is 0 Å². The fourth-order valence-electron chi connectivity index (χ4n) is 1.61. The second-order valence-corrected chi connectivity index (χ2v) is 3.71. The third-order valence-electron chi connectivity index (χ3n) is 2.53. The van der Waals surface area contributed by atoms with Gasteiger partial charge in [-0.25, -0.2) is 0 Å². The molecule has 0 unspecified atom stereocenters. The van der Waals surface area contributed by atoms with E-state index in [0.717, 1.165) is 6.42 Å². The molecule has 0 aromatic rings. The summed E-state index contributed by atoms with van der Waals surface area (Å²) < 4.78 is 0. The van der Waals surface area contributed by atoms with E-state index in [0.29, 0.717) is 6.54 Å². The Balaban J connectivity index is 2.52. The number of hydrogen-bond acceptors (Lipinski definition) is 5. The second kappa shape index (κ2) is 5.41. The molecule has 0 aliphatic carbocycles. The van der Waals surface area contributed by atoms with E-state index in [2.05, 4.69) is 10.6 Å². The summed E-state index contributed by atoms with van der Waals surface area (Å²) in [5.41, 5.74) is 0. The lowest BCUT2D eigenvalue weighted by Crippen LogP contribution is -2.47. The molecule has 5 N–H and O–H groups in total. The second-order valence-electron chi connectivity index (χ2n) is 3.71. The van der Waals surface area contributed by atoms with E-state index in [4.69, 9.17) is 5.11 Å². The van der Waals surface area contributed by atoms with Crippen LogP contribution >= 0.6 is 0 Å². The fraction of sp³-hybridized carbons (Fsp3) is 0.889. The quantitative estimate of drug-likeness (QED) is 0.361. The summed E-state index contributed by atoms with van der Waals surface area (Å²) in [4.78, 5) is 11.5. The topological polar surface area (TPSA) is 102 Å². The monoisotopic (exact) mass is 218 g/mol. The molecule has 1 rings (SSSR count). The Morgan fingerprint density at radius 2 is 2.07 bits per heavy atom. The number of rotatable bonds is 4. The average molecular weight is 218 g/mol. The average Bonchev–Trinajstić information content (AvgIpc) is 2.52. The van der Waals surface area contributed by atoms with Crippen molar-refractivity contribution in [3.63, 3.8) is 0 Å². The predicted octanol–water partition coefficient (Wildman–Crippen LogP) is -2.43. The van der Waals surface area contributed by atoms with Crippen LogP contribution in [-0.2, 0) is 4.79 Å². The predicted molar refractivity (Wildman–Crippen MR) is 53.1 cm³/mol. The van der Waals surface area contributed by atoms with E-state index >= 15 is 0 Å². The molecule has 1 amide bonds. The number of aliphatic hydroxyl groups excluding tert-OH is 3. The molecule has 6 nitrogen and oxygen atoms in total. The van der Waals surface area contributed by atoms with Crippen molar-refractivity contribution in [3.8, 4) is 0 Å². The Labute approximate surface area is 88.3 Å². The van der Waals surface area contributed by atoms with Gasteiger partial charge in [-0.1, -0.05) is 6.92 Å². The first kappa shape index (κ1) is 12.4. The maximum absolute atomic E-state index is 11.5. The number of amides is 1. The fourth-order valence-corrected chi connectivity index (χ4v) is 1.61. The number of carbonyl (C=O) groups is 1. The first-order chi connectivity index (χ1) is 7.11. The van der Waals surface area contributed by atoms with Gasteiger partial charge in [0.2, 0.25) is 5.91 Å². The van der Waals surface area contributed by atoms with Gasteiger partial charge in [0.25, 0.3) is 0 Å². The number of hydrogen-bond donors (Lipinski definition) is 5. The molecular formula is C9H18N2O4. The van der Waals surface area contributed by atoms with E-state index in [1.807, 2.05) is 6.92 Å². The van der Waals surface area contributed by atoms with Gasteiger partial charge in [-0.3, -0.25) is 10.1 Å². The summed E-state index contributed by atoms with van der Waals surface area (Å²) in [6.07, 6.45) is -1.47. The van der Waals surface area contributed by atoms with Gasteiger partial charge >= 0.3 is 0 Å². The molecule has 0 aromatic carbocycles. The molecule has 0 bridgehead atoms. The van der Waals surface area contributed by atoms with E-state index in [1.54, 1.807) is 0 Å². The maximum Gasteiger partial charge on any atom is 0.239 e. The Hall–Kier alpha value is -0.690. The van der Waals surface area contributed by atoms with Crippen LogP contribution in [0.3, 0.4) is 0 Å². The van der Waals surface area contributed by atoms with Gasteiger partial charge < -0.3 is 20.6 Å². The minimum Gasteiger partial charge on any atom is -0.395 e. The highest BCUT2D eigenvalue weighted by Gasteiger charge is 2.43. The Morgan fingerprint density at radius 1 is 1.40 bits per heavy atom. The van der Waals surface area contributed by atoms with Gasteiger partial charge in [0.15, 0.2) is 0 Å². The normalized spacial score (nSPS) is 35.5. The molecule has 0 radical (unpaired) electrons. The highest BCUT2D eigenvalue weighted by atomic mass is 16.3. The molecule has 1 heterocycles. The lowest BCUT2D eigenvalue weighted by molar-refractivity contribution is -0.125. The number of carbonyl (C=O) groups excluding carboxylic acids is 1. The molecule has 4 atom stereocenters. The highest BCUT2D eigenvalue weighted by molar-refractivity contribution is 5.83. The molecule has 1 aliphatic heterocycles. The summed E-state index contributed by atoms with van der Waals surface area (Å²) in [5.74, 6) is -0.348. The van der Waals surface area contributed by atoms with Crippen molar-refractivity contribution in [1.82, 2.24) is 10.6 Å². The van der Waals surface area contributed by atoms with Crippen LogP contribution in [0.15, 0.2) is 0 Å². The van der Waals surface area contributed by atoms with Crippen molar-refractivity contribution < 1.29 is 20.1 Å². The third kappa shape index (κ3) is 2.66. The van der Waals surface area contributed by atoms with E-state index in [-0.39, 0.29) is 12.5 Å². The zero-order valence-electron chi connectivity index (χ0n) is 8.68. The van der Waals surface area contributed by atoms with Crippen LogP contribution in [0, 0.1) is 0 Å². The zero-order valence-corrected chi connectivity index (χ0v) is 8.68. The minimum absolute atomic E-state index is 0.310. The minimum atomic E-state index is -1.17. The third-order valence-corrected chi connectivity index (χ3v) is 2.53. The van der Waals surface area contributed by atoms with Crippen molar-refractivity contribution in [3.05, 3.63) is 0 Å². The molecule has 6 heteroatoms. The van der Waals surface area contributed by atoms with Gasteiger partial charge in [-0.05, 0) is 6.42 Å². The van der Waals surface area contributed by atoms with Gasteiger partial charge in [-0.2, -0.15) is 0 Å². The summed E-state index contributed by atoms with van der Waals surface area (Å²) in [6.45, 7) is 2.14. The molecule has 15 heavy (non-hydrogen) atoms. The Kier molecular flexibility index (Phi) is 4.46. The molecular weight excluding hydrogens is 200 g/mol. The van der Waals surface area contributed by atoms with Gasteiger partial charge in [0.1, 0.15) is 12.1 Å². The Bertz CT molecular complexity index is 224. The molecule has 0 saturated carbocycles. The van der Waals surface area contributed by atoms with Gasteiger partial charge in [-0.15, -0.1) is 0 Å². The van der Waals surface area contributed by atoms with Crippen molar-refractivity contribution in [2.75, 3.05) is 13.2 Å². The highest BCUT2D eigenvalue weighted by Crippen LogP contribution is 2.14. The van der Waals surface area contributed by atoms with Crippen LogP contribution in [0.25, 0.3) is 0 Å². The molecule has 88 valence electrons. The lowest BCUT2D eigenvalue weighted by atomic mass is 10.1. The van der Waals surface area contributed by atoms with Crippen molar-refractivity contribution in [2.45, 2.75) is 37.6 Å². The molecule has 1 fully saturated rings. The standard InChI is InChI=1S/C9H18N2O4/c1-2-3-10-9(15)6-8(14)7(13)5(4-12)11-6/h5-8,11-14H,2-4H2,1H3,(H,10,15)/t5-,6+,7-,8-/m1/s1. The first-order valence-electron chi connectivity index (χ1n) is 5.12. The van der Waals surface area contributed by atoms with Crippen LogP contribution < -0.4 is 10.6 Å². The molecule has 0 spiro atoms. The maximum atomic E-state index is 11.5. The largest absolute Gasteiger partial charge is 0.395 e. The van der Waals surface area contributed by atoms with Gasteiger partial charge in [0.05, 0.1) is 18.8 Å². The van der Waals surface area contributed by atoms with E-state index in [1.165, 1.54) is 0 Å². The summed E-state index contributed by atoms with van der Waals surface area (Å²) >= 11 is 0. The van der Waals surface area contributed by atoms with Crippen molar-refractivity contribution >= 4 is 5.91 Å². The summed E-state index contributed by atoms with van der Waals surface area (Å²) in [6, 6.07) is -1.49. The van der Waals surface area contributed by atoms with Crippen LogP contribution in [0.4, 0.5) is 0 Å². The molecule has 1 saturated heterocycles. The molecule has 1 aliphatic rings. The Morgan fingerprint density at radius 3 is 2.53 bits per heavy atom. The summed E-state index contributed by atoms with van der Waals surface area (Å²) in [5, 5.41) is 33.2. The SMILES string of the molecule is CCCNC(=O)[C@H]1N[C@H](CO)[C@@H](O)[C@@H]1O.